The smallest absolute Gasteiger partial charge is 0.277 e. The summed E-state index contributed by atoms with van der Waals surface area (Å²) < 4.78 is 15.7. The van der Waals surface area contributed by atoms with E-state index in [1.807, 2.05) is 0 Å². The van der Waals surface area contributed by atoms with Crippen LogP contribution in [0.3, 0.4) is 0 Å². The molecule has 0 saturated heterocycles. The van der Waals surface area contributed by atoms with E-state index in [2.05, 4.69) is 0 Å². The van der Waals surface area contributed by atoms with Crippen molar-refractivity contribution in [1.82, 2.24) is 0 Å². The van der Waals surface area contributed by atoms with E-state index in [0.29, 0.717) is 28.5 Å². The average molecular weight is 374 g/mol. The summed E-state index contributed by atoms with van der Waals surface area (Å²) in [5.74, 6) is 0.184. The van der Waals surface area contributed by atoms with Crippen LogP contribution in [0.4, 0.5) is 5.69 Å². The lowest BCUT2D eigenvalue weighted by atomic mass is 10.0. The van der Waals surface area contributed by atoms with Gasteiger partial charge in [0.2, 0.25) is 0 Å². The van der Waals surface area contributed by atoms with Gasteiger partial charge in [0, 0.05) is 23.8 Å². The van der Waals surface area contributed by atoms with E-state index in [0.717, 1.165) is 4.90 Å². The number of imide groups is 1. The van der Waals surface area contributed by atoms with E-state index >= 15 is 0 Å². The van der Waals surface area contributed by atoms with Crippen LogP contribution in [0.5, 0.6) is 17.2 Å². The SMILES string of the molecule is COc1cc(OC)cc(N2C(=O)C(Cl)=C(c3ccccc3OC)C2=O)c1. The van der Waals surface area contributed by atoms with Crippen molar-refractivity contribution < 1.29 is 23.8 Å². The van der Waals surface area contributed by atoms with Crippen molar-refractivity contribution in [2.45, 2.75) is 0 Å². The zero-order valence-electron chi connectivity index (χ0n) is 14.4. The van der Waals surface area contributed by atoms with Crippen LogP contribution in [0.2, 0.25) is 0 Å². The van der Waals surface area contributed by atoms with Gasteiger partial charge in [-0.2, -0.15) is 0 Å². The molecule has 1 aliphatic heterocycles. The number of rotatable bonds is 5. The molecule has 0 spiro atoms. The van der Waals surface area contributed by atoms with Crippen molar-refractivity contribution in [1.29, 1.82) is 0 Å². The van der Waals surface area contributed by atoms with Crippen LogP contribution in [0.1, 0.15) is 5.56 Å². The minimum absolute atomic E-state index is 0.0934. The summed E-state index contributed by atoms with van der Waals surface area (Å²) in [5, 5.41) is -0.165. The first-order valence-corrected chi connectivity index (χ1v) is 8.04. The van der Waals surface area contributed by atoms with Gasteiger partial charge in [0.1, 0.15) is 22.3 Å². The Morgan fingerprint density at radius 1 is 0.846 bits per heavy atom. The number of halogens is 1. The third-order valence-electron chi connectivity index (χ3n) is 4.00. The molecule has 2 aromatic carbocycles. The number of ether oxygens (including phenoxy) is 3. The Bertz CT molecular complexity index is 900. The van der Waals surface area contributed by atoms with E-state index in [1.54, 1.807) is 42.5 Å². The first-order valence-electron chi connectivity index (χ1n) is 7.66. The largest absolute Gasteiger partial charge is 0.497 e. The molecule has 134 valence electrons. The van der Waals surface area contributed by atoms with Crippen molar-refractivity contribution in [2.24, 2.45) is 0 Å². The summed E-state index contributed by atoms with van der Waals surface area (Å²) >= 11 is 6.23. The Morgan fingerprint density at radius 3 is 2.04 bits per heavy atom. The monoisotopic (exact) mass is 373 g/mol. The van der Waals surface area contributed by atoms with Gasteiger partial charge < -0.3 is 14.2 Å². The van der Waals surface area contributed by atoms with Crippen molar-refractivity contribution in [3.05, 3.63) is 53.1 Å². The summed E-state index contributed by atoms with van der Waals surface area (Å²) in [4.78, 5) is 26.7. The van der Waals surface area contributed by atoms with Crippen LogP contribution in [-0.2, 0) is 9.59 Å². The van der Waals surface area contributed by atoms with Gasteiger partial charge in [0.15, 0.2) is 0 Å². The standard InChI is InChI=1S/C19H16ClNO5/c1-24-12-8-11(9-13(10-12)25-2)21-18(22)16(17(20)19(21)23)14-6-4-5-7-15(14)26-3/h4-10H,1-3H3. The van der Waals surface area contributed by atoms with Crippen LogP contribution in [-0.4, -0.2) is 33.1 Å². The number of carbonyl (C=O) groups is 2. The van der Waals surface area contributed by atoms with E-state index in [1.165, 1.54) is 21.3 Å². The van der Waals surface area contributed by atoms with Crippen LogP contribution >= 0.6 is 11.6 Å². The molecule has 0 bridgehead atoms. The zero-order valence-corrected chi connectivity index (χ0v) is 15.2. The fourth-order valence-electron chi connectivity index (χ4n) is 2.74. The molecule has 0 saturated carbocycles. The van der Waals surface area contributed by atoms with Gasteiger partial charge in [-0.3, -0.25) is 9.59 Å². The van der Waals surface area contributed by atoms with Gasteiger partial charge in [-0.1, -0.05) is 29.8 Å². The van der Waals surface area contributed by atoms with E-state index < -0.39 is 11.8 Å². The molecule has 0 atom stereocenters. The van der Waals surface area contributed by atoms with Gasteiger partial charge in [0.25, 0.3) is 11.8 Å². The highest BCUT2D eigenvalue weighted by atomic mass is 35.5. The normalized spacial score (nSPS) is 14.1. The third kappa shape index (κ3) is 2.88. The predicted octanol–water partition coefficient (Wildman–Crippen LogP) is 3.24. The maximum Gasteiger partial charge on any atom is 0.277 e. The highest BCUT2D eigenvalue weighted by Gasteiger charge is 2.40. The van der Waals surface area contributed by atoms with Crippen molar-refractivity contribution in [3.8, 4) is 17.2 Å². The Labute approximate surface area is 155 Å². The van der Waals surface area contributed by atoms with Gasteiger partial charge in [-0.15, -0.1) is 0 Å². The average Bonchev–Trinajstić information content (AvgIpc) is 2.89. The number of nitrogens with zero attached hydrogens (tertiary/aromatic N) is 1. The lowest BCUT2D eigenvalue weighted by molar-refractivity contribution is -0.119. The topological polar surface area (TPSA) is 65.1 Å². The summed E-state index contributed by atoms with van der Waals surface area (Å²) in [6, 6.07) is 11.7. The van der Waals surface area contributed by atoms with Gasteiger partial charge >= 0.3 is 0 Å². The van der Waals surface area contributed by atoms with E-state index in [4.69, 9.17) is 25.8 Å². The molecule has 1 aliphatic rings. The summed E-state index contributed by atoms with van der Waals surface area (Å²) in [5.41, 5.74) is 0.853. The molecular weight excluding hydrogens is 358 g/mol. The van der Waals surface area contributed by atoms with Crippen LogP contribution in [0.25, 0.3) is 5.57 Å². The fourth-order valence-corrected chi connectivity index (χ4v) is 3.01. The van der Waals surface area contributed by atoms with Crippen LogP contribution in [0.15, 0.2) is 47.5 Å². The summed E-state index contributed by atoms with van der Waals surface area (Å²) in [6.07, 6.45) is 0. The number of hydrogen-bond donors (Lipinski definition) is 0. The first kappa shape index (κ1) is 17.8. The van der Waals surface area contributed by atoms with Crippen LogP contribution < -0.4 is 19.1 Å². The maximum absolute atomic E-state index is 13.0. The quantitative estimate of drug-likeness (QED) is 0.753. The molecular formula is C19H16ClNO5. The number of anilines is 1. The van der Waals surface area contributed by atoms with Crippen molar-refractivity contribution in [3.63, 3.8) is 0 Å². The van der Waals surface area contributed by atoms with Gasteiger partial charge in [-0.25, -0.2) is 4.90 Å². The molecule has 0 aromatic heterocycles. The number of carbonyl (C=O) groups excluding carboxylic acids is 2. The zero-order chi connectivity index (χ0) is 18.8. The van der Waals surface area contributed by atoms with E-state index in [-0.39, 0.29) is 10.6 Å². The molecule has 0 aliphatic carbocycles. The second-order valence-corrected chi connectivity index (χ2v) is 5.78. The molecule has 0 radical (unpaired) electrons. The number of methoxy groups -OCH3 is 3. The van der Waals surface area contributed by atoms with Crippen molar-refractivity contribution >= 4 is 34.7 Å². The highest BCUT2D eigenvalue weighted by molar-refractivity contribution is 6.60. The molecule has 7 heteroatoms. The Balaban J connectivity index is 2.10. The molecule has 0 fully saturated rings. The summed E-state index contributed by atoms with van der Waals surface area (Å²) in [7, 11) is 4.45. The second kappa shape index (κ2) is 7.09. The highest BCUT2D eigenvalue weighted by Crippen LogP contribution is 2.40. The third-order valence-corrected chi connectivity index (χ3v) is 4.35. The minimum atomic E-state index is -0.618. The molecule has 2 aromatic rings. The number of para-hydroxylation sites is 1. The molecule has 6 nitrogen and oxygen atoms in total. The molecule has 2 amide bonds. The number of amides is 2. The van der Waals surface area contributed by atoms with Crippen molar-refractivity contribution in [2.75, 3.05) is 26.2 Å². The Hall–Kier alpha value is -2.99. The molecule has 3 rings (SSSR count). The number of benzene rings is 2. The summed E-state index contributed by atoms with van der Waals surface area (Å²) in [6.45, 7) is 0. The molecule has 1 heterocycles. The van der Waals surface area contributed by atoms with E-state index in [9.17, 15) is 9.59 Å². The van der Waals surface area contributed by atoms with Gasteiger partial charge in [-0.05, 0) is 6.07 Å². The molecule has 26 heavy (non-hydrogen) atoms. The minimum Gasteiger partial charge on any atom is -0.497 e. The Morgan fingerprint density at radius 2 is 1.46 bits per heavy atom. The maximum atomic E-state index is 13.0. The second-order valence-electron chi connectivity index (χ2n) is 5.41. The predicted molar refractivity (Wildman–Crippen MR) is 97.8 cm³/mol. The molecule has 0 N–H and O–H groups in total. The molecule has 0 unspecified atom stereocenters. The fraction of sp³-hybridized carbons (Fsp3) is 0.158. The number of hydrogen-bond acceptors (Lipinski definition) is 5. The lowest BCUT2D eigenvalue weighted by Gasteiger charge is -2.17. The van der Waals surface area contributed by atoms with Gasteiger partial charge in [0.05, 0.1) is 32.6 Å². The lowest BCUT2D eigenvalue weighted by Crippen LogP contribution is -2.31. The first-order chi connectivity index (χ1) is 12.5. The Kier molecular flexibility index (Phi) is 4.86. The van der Waals surface area contributed by atoms with Crippen LogP contribution in [0, 0.1) is 0 Å².